The average Bonchev–Trinajstić information content (AvgIpc) is 2.92. The van der Waals surface area contributed by atoms with Crippen LogP contribution in [0.25, 0.3) is 11.5 Å². The van der Waals surface area contributed by atoms with E-state index >= 15 is 0 Å². The molecule has 2 aromatic heterocycles. The Bertz CT molecular complexity index is 569. The monoisotopic (exact) mass is 308 g/mol. The van der Waals surface area contributed by atoms with E-state index in [0.29, 0.717) is 12.6 Å². The fourth-order valence-corrected chi connectivity index (χ4v) is 2.70. The van der Waals surface area contributed by atoms with Crippen molar-refractivity contribution in [2.75, 3.05) is 13.7 Å². The maximum Gasteiger partial charge on any atom is 0.183 e. The van der Waals surface area contributed by atoms with E-state index in [2.05, 4.69) is 35.7 Å². The largest absolute Gasteiger partial charge is 0.383 e. The Kier molecular flexibility index (Phi) is 3.13. The molecule has 3 heterocycles. The van der Waals surface area contributed by atoms with Crippen LogP contribution in [-0.2, 0) is 11.2 Å². The summed E-state index contributed by atoms with van der Waals surface area (Å²) in [5.74, 6) is 1.85. The van der Waals surface area contributed by atoms with Crippen LogP contribution in [0.2, 0.25) is 0 Å². The second kappa shape index (κ2) is 4.78. The van der Waals surface area contributed by atoms with Crippen LogP contribution < -0.4 is 0 Å². The van der Waals surface area contributed by atoms with Gasteiger partial charge in [-0.2, -0.15) is 0 Å². The molecular weight excluding hydrogens is 296 g/mol. The number of fused-ring (bicyclic) bond motifs is 1. The Hall–Kier alpha value is -1.27. The first kappa shape index (κ1) is 11.8. The summed E-state index contributed by atoms with van der Waals surface area (Å²) in [6.45, 7) is 0.687. The number of hydrogen-bond acceptors (Lipinski definition) is 4. The van der Waals surface area contributed by atoms with Gasteiger partial charge in [0.05, 0.1) is 12.6 Å². The van der Waals surface area contributed by atoms with Crippen molar-refractivity contribution in [2.45, 2.75) is 18.9 Å². The van der Waals surface area contributed by atoms with E-state index in [4.69, 9.17) is 4.74 Å². The first-order valence-electron chi connectivity index (χ1n) is 5.85. The molecule has 0 radical (unpaired) electrons. The molecule has 1 atom stereocenters. The molecule has 3 rings (SSSR count). The van der Waals surface area contributed by atoms with E-state index in [9.17, 15) is 0 Å². The summed E-state index contributed by atoms with van der Waals surface area (Å²) in [5.41, 5.74) is 0.839. The molecule has 2 aromatic rings. The van der Waals surface area contributed by atoms with Crippen molar-refractivity contribution in [3.8, 4) is 11.5 Å². The smallest absolute Gasteiger partial charge is 0.183 e. The number of hydrogen-bond donors (Lipinski definition) is 0. The number of methoxy groups -OCH3 is 1. The highest BCUT2D eigenvalue weighted by atomic mass is 79.9. The minimum absolute atomic E-state index is 0.316. The van der Waals surface area contributed by atoms with Gasteiger partial charge in [-0.3, -0.25) is 0 Å². The fraction of sp³-hybridized carbons (Fsp3) is 0.417. The summed E-state index contributed by atoms with van der Waals surface area (Å²) < 4.78 is 8.22. The lowest BCUT2D eigenvalue weighted by atomic mass is 10.2. The summed E-state index contributed by atoms with van der Waals surface area (Å²) in [7, 11) is 1.72. The number of rotatable bonds is 3. The number of nitrogens with zero attached hydrogens (tertiary/aromatic N) is 4. The minimum Gasteiger partial charge on any atom is -0.383 e. The highest BCUT2D eigenvalue weighted by molar-refractivity contribution is 9.10. The zero-order valence-electron chi connectivity index (χ0n) is 10.0. The van der Waals surface area contributed by atoms with Gasteiger partial charge >= 0.3 is 0 Å². The Morgan fingerprint density at radius 1 is 1.44 bits per heavy atom. The zero-order chi connectivity index (χ0) is 12.5. The van der Waals surface area contributed by atoms with Gasteiger partial charge in [-0.1, -0.05) is 6.07 Å². The third kappa shape index (κ3) is 1.95. The van der Waals surface area contributed by atoms with Crippen molar-refractivity contribution in [3.63, 3.8) is 0 Å². The van der Waals surface area contributed by atoms with Crippen LogP contribution in [-0.4, -0.2) is 33.5 Å². The van der Waals surface area contributed by atoms with Crippen LogP contribution in [0, 0.1) is 0 Å². The minimum atomic E-state index is 0.316. The first-order valence-corrected chi connectivity index (χ1v) is 6.64. The van der Waals surface area contributed by atoms with E-state index in [1.807, 2.05) is 18.2 Å². The highest BCUT2D eigenvalue weighted by Gasteiger charge is 2.27. The molecule has 5 nitrogen and oxygen atoms in total. The predicted octanol–water partition coefficient (Wildman–Crippen LogP) is 2.24. The SMILES string of the molecule is COC[C@@H]1CCc2nnc(-c3cccc(Br)n3)n21. The van der Waals surface area contributed by atoms with E-state index in [-0.39, 0.29) is 0 Å². The molecule has 18 heavy (non-hydrogen) atoms. The first-order chi connectivity index (χ1) is 8.79. The van der Waals surface area contributed by atoms with E-state index < -0.39 is 0 Å². The molecule has 1 aliphatic heterocycles. The van der Waals surface area contributed by atoms with Gasteiger partial charge in [0.25, 0.3) is 0 Å². The van der Waals surface area contributed by atoms with Crippen LogP contribution in [0.1, 0.15) is 18.3 Å². The van der Waals surface area contributed by atoms with Crippen LogP contribution in [0.3, 0.4) is 0 Å². The van der Waals surface area contributed by atoms with Crippen LogP contribution in [0.5, 0.6) is 0 Å². The molecule has 0 N–H and O–H groups in total. The number of aryl methyl sites for hydroxylation is 1. The Morgan fingerprint density at radius 3 is 3.11 bits per heavy atom. The van der Waals surface area contributed by atoms with E-state index in [1.54, 1.807) is 7.11 Å². The topological polar surface area (TPSA) is 52.8 Å². The molecule has 6 heteroatoms. The lowest BCUT2D eigenvalue weighted by Gasteiger charge is -2.13. The van der Waals surface area contributed by atoms with E-state index in [1.165, 1.54) is 0 Å². The molecule has 1 aliphatic rings. The number of pyridine rings is 1. The maximum atomic E-state index is 5.26. The van der Waals surface area contributed by atoms with Crippen molar-refractivity contribution in [1.82, 2.24) is 19.7 Å². The van der Waals surface area contributed by atoms with Crippen molar-refractivity contribution >= 4 is 15.9 Å². The summed E-state index contributed by atoms with van der Waals surface area (Å²) >= 11 is 3.38. The van der Waals surface area contributed by atoms with E-state index in [0.717, 1.165) is 34.8 Å². The average molecular weight is 309 g/mol. The molecule has 0 aliphatic carbocycles. The van der Waals surface area contributed by atoms with Gasteiger partial charge < -0.3 is 9.30 Å². The summed E-state index contributed by atoms with van der Waals surface area (Å²) in [5, 5.41) is 8.49. The molecule has 94 valence electrons. The molecule has 0 bridgehead atoms. The lowest BCUT2D eigenvalue weighted by Crippen LogP contribution is -2.12. The maximum absolute atomic E-state index is 5.26. The van der Waals surface area contributed by atoms with Gasteiger partial charge in [0.1, 0.15) is 16.1 Å². The second-order valence-electron chi connectivity index (χ2n) is 4.30. The summed E-state index contributed by atoms with van der Waals surface area (Å²) in [6, 6.07) is 6.12. The molecule has 0 unspecified atom stereocenters. The van der Waals surface area contributed by atoms with Crippen molar-refractivity contribution in [2.24, 2.45) is 0 Å². The molecular formula is C12H13BrN4O. The fourth-order valence-electron chi connectivity index (χ4n) is 2.36. The molecule has 0 fully saturated rings. The number of ether oxygens (including phenoxy) is 1. The van der Waals surface area contributed by atoms with Gasteiger partial charge in [-0.25, -0.2) is 4.98 Å². The van der Waals surface area contributed by atoms with Crippen molar-refractivity contribution in [3.05, 3.63) is 28.6 Å². The highest BCUT2D eigenvalue weighted by Crippen LogP contribution is 2.30. The van der Waals surface area contributed by atoms with Gasteiger partial charge in [0.2, 0.25) is 0 Å². The van der Waals surface area contributed by atoms with Crippen LogP contribution in [0.4, 0.5) is 0 Å². The molecule has 0 saturated heterocycles. The Labute approximate surface area is 113 Å². The van der Waals surface area contributed by atoms with Gasteiger partial charge in [-0.05, 0) is 34.5 Å². The van der Waals surface area contributed by atoms with Gasteiger partial charge in [0.15, 0.2) is 5.82 Å². The third-order valence-corrected chi connectivity index (χ3v) is 3.58. The summed E-state index contributed by atoms with van der Waals surface area (Å²) in [4.78, 5) is 4.44. The lowest BCUT2D eigenvalue weighted by molar-refractivity contribution is 0.159. The number of halogens is 1. The molecule has 0 amide bonds. The summed E-state index contributed by atoms with van der Waals surface area (Å²) in [6.07, 6.45) is 2.01. The normalized spacial score (nSPS) is 18.0. The quantitative estimate of drug-likeness (QED) is 0.816. The third-order valence-electron chi connectivity index (χ3n) is 3.14. The van der Waals surface area contributed by atoms with Crippen LogP contribution >= 0.6 is 15.9 Å². The molecule has 0 saturated carbocycles. The molecule has 0 spiro atoms. The van der Waals surface area contributed by atoms with Gasteiger partial charge in [0, 0.05) is 13.5 Å². The van der Waals surface area contributed by atoms with Crippen LogP contribution in [0.15, 0.2) is 22.8 Å². The molecule has 0 aromatic carbocycles. The Balaban J connectivity index is 2.04. The predicted molar refractivity (Wildman–Crippen MR) is 70.2 cm³/mol. The zero-order valence-corrected chi connectivity index (χ0v) is 11.6. The van der Waals surface area contributed by atoms with Crippen molar-refractivity contribution < 1.29 is 4.74 Å². The van der Waals surface area contributed by atoms with Crippen molar-refractivity contribution in [1.29, 1.82) is 0 Å². The number of aromatic nitrogens is 4. The standard InChI is InChI=1S/C12H13BrN4O/c1-18-7-8-5-6-11-15-16-12(17(8)11)9-3-2-4-10(13)14-9/h2-4,8H,5-7H2,1H3/t8-/m0/s1. The Morgan fingerprint density at radius 2 is 2.33 bits per heavy atom. The van der Waals surface area contributed by atoms with Gasteiger partial charge in [-0.15, -0.1) is 10.2 Å². The second-order valence-corrected chi connectivity index (χ2v) is 5.12.